The topological polar surface area (TPSA) is 53.6 Å². The van der Waals surface area contributed by atoms with E-state index in [0.717, 1.165) is 58.9 Å². The van der Waals surface area contributed by atoms with Gasteiger partial charge in [-0.2, -0.15) is 0 Å². The van der Waals surface area contributed by atoms with Gasteiger partial charge < -0.3 is 15.4 Å². The van der Waals surface area contributed by atoms with Crippen molar-refractivity contribution in [2.24, 2.45) is 5.92 Å². The number of piperidine rings is 1. The zero-order chi connectivity index (χ0) is 13.3. The highest BCUT2D eigenvalue weighted by molar-refractivity contribution is 5.75. The molecule has 1 amide bonds. The smallest absolute Gasteiger partial charge is 0.220 e. The second-order valence-electron chi connectivity index (χ2n) is 5.56. The lowest BCUT2D eigenvalue weighted by Crippen LogP contribution is -2.41. The van der Waals surface area contributed by atoms with Crippen LogP contribution in [0.5, 0.6) is 0 Å². The number of hydrogen-bond donors (Lipinski definition) is 2. The molecule has 0 aromatic heterocycles. The Labute approximate surface area is 116 Å². The maximum Gasteiger partial charge on any atom is 0.220 e. The predicted octanol–water partition coefficient (Wildman–Crippen LogP) is 0.215. The number of nitrogens with one attached hydrogen (secondary N) is 2. The first kappa shape index (κ1) is 14.8. The summed E-state index contributed by atoms with van der Waals surface area (Å²) >= 11 is 0. The van der Waals surface area contributed by atoms with E-state index in [-0.39, 0.29) is 5.91 Å². The molecule has 1 atom stereocenters. The van der Waals surface area contributed by atoms with Gasteiger partial charge in [-0.05, 0) is 38.3 Å². The molecule has 110 valence electrons. The van der Waals surface area contributed by atoms with Crippen molar-refractivity contribution in [1.29, 1.82) is 0 Å². The standard InChI is InChI=1S/C14H27N3O2/c18-14(4-3-13-2-1-5-15-12-13)16-6-7-17-8-10-19-11-9-17/h13,15H,1-12H2,(H,16,18). The van der Waals surface area contributed by atoms with Gasteiger partial charge in [0.2, 0.25) is 5.91 Å². The number of carbonyl (C=O) groups excluding carboxylic acids is 1. The van der Waals surface area contributed by atoms with Crippen LogP contribution >= 0.6 is 0 Å². The van der Waals surface area contributed by atoms with E-state index >= 15 is 0 Å². The number of nitrogens with zero attached hydrogens (tertiary/aromatic N) is 1. The van der Waals surface area contributed by atoms with Gasteiger partial charge in [-0.1, -0.05) is 0 Å². The van der Waals surface area contributed by atoms with Crippen molar-refractivity contribution in [3.63, 3.8) is 0 Å². The Morgan fingerprint density at radius 2 is 2.21 bits per heavy atom. The Kier molecular flexibility index (Phi) is 6.61. The molecule has 5 heteroatoms. The van der Waals surface area contributed by atoms with E-state index in [1.54, 1.807) is 0 Å². The zero-order valence-electron chi connectivity index (χ0n) is 11.8. The van der Waals surface area contributed by atoms with Crippen LogP contribution in [0.25, 0.3) is 0 Å². The maximum absolute atomic E-state index is 11.8. The molecule has 0 aromatic rings. The molecule has 2 fully saturated rings. The summed E-state index contributed by atoms with van der Waals surface area (Å²) in [6, 6.07) is 0. The Hall–Kier alpha value is -0.650. The fraction of sp³-hybridized carbons (Fsp3) is 0.929. The molecule has 0 radical (unpaired) electrons. The molecule has 0 aromatic carbocycles. The molecule has 2 saturated heterocycles. The molecule has 5 nitrogen and oxygen atoms in total. The minimum absolute atomic E-state index is 0.207. The van der Waals surface area contributed by atoms with E-state index in [4.69, 9.17) is 4.74 Å². The molecule has 2 aliphatic heterocycles. The number of carbonyl (C=O) groups is 1. The SMILES string of the molecule is O=C(CCC1CCCNC1)NCCN1CCOCC1. The van der Waals surface area contributed by atoms with Crippen LogP contribution in [0.15, 0.2) is 0 Å². The quantitative estimate of drug-likeness (QED) is 0.724. The molecular weight excluding hydrogens is 242 g/mol. The third kappa shape index (κ3) is 5.89. The summed E-state index contributed by atoms with van der Waals surface area (Å²) in [5.41, 5.74) is 0. The largest absolute Gasteiger partial charge is 0.379 e. The number of rotatable bonds is 6. The third-order valence-electron chi connectivity index (χ3n) is 4.03. The summed E-state index contributed by atoms with van der Waals surface area (Å²) < 4.78 is 5.30. The van der Waals surface area contributed by atoms with Crippen LogP contribution in [0.3, 0.4) is 0 Å². The van der Waals surface area contributed by atoms with E-state index in [1.165, 1.54) is 12.8 Å². The second-order valence-corrected chi connectivity index (χ2v) is 5.56. The highest BCUT2D eigenvalue weighted by Crippen LogP contribution is 2.15. The van der Waals surface area contributed by atoms with Crippen LogP contribution in [0.1, 0.15) is 25.7 Å². The van der Waals surface area contributed by atoms with Crippen molar-refractivity contribution in [1.82, 2.24) is 15.5 Å². The summed E-state index contributed by atoms with van der Waals surface area (Å²) in [5.74, 6) is 0.901. The normalized spacial score (nSPS) is 25.2. The van der Waals surface area contributed by atoms with Gasteiger partial charge in [0.15, 0.2) is 0 Å². The number of ether oxygens (including phenoxy) is 1. The Bertz CT molecular complexity index is 261. The average molecular weight is 269 g/mol. The maximum atomic E-state index is 11.8. The average Bonchev–Trinajstić information content (AvgIpc) is 2.47. The van der Waals surface area contributed by atoms with Crippen LogP contribution in [-0.2, 0) is 9.53 Å². The van der Waals surface area contributed by atoms with Gasteiger partial charge in [0, 0.05) is 32.6 Å². The monoisotopic (exact) mass is 269 g/mol. The summed E-state index contributed by atoms with van der Waals surface area (Å²) in [6.07, 6.45) is 4.23. The lowest BCUT2D eigenvalue weighted by Gasteiger charge is -2.26. The van der Waals surface area contributed by atoms with E-state index in [1.807, 2.05) is 0 Å². The summed E-state index contributed by atoms with van der Waals surface area (Å²) in [5, 5.41) is 6.42. The van der Waals surface area contributed by atoms with Gasteiger partial charge in [-0.25, -0.2) is 0 Å². The minimum atomic E-state index is 0.207. The van der Waals surface area contributed by atoms with E-state index in [9.17, 15) is 4.79 Å². The van der Waals surface area contributed by atoms with Crippen molar-refractivity contribution in [3.05, 3.63) is 0 Å². The Balaban J connectivity index is 1.49. The molecule has 2 N–H and O–H groups in total. The van der Waals surface area contributed by atoms with Crippen molar-refractivity contribution in [2.45, 2.75) is 25.7 Å². The second kappa shape index (κ2) is 8.51. The van der Waals surface area contributed by atoms with Crippen molar-refractivity contribution < 1.29 is 9.53 Å². The van der Waals surface area contributed by atoms with Gasteiger partial charge in [0.05, 0.1) is 13.2 Å². The summed E-state index contributed by atoms with van der Waals surface area (Å²) in [7, 11) is 0. The van der Waals surface area contributed by atoms with Crippen molar-refractivity contribution in [3.8, 4) is 0 Å². The molecular formula is C14H27N3O2. The van der Waals surface area contributed by atoms with Gasteiger partial charge in [0.1, 0.15) is 0 Å². The Morgan fingerprint density at radius 1 is 1.37 bits per heavy atom. The molecule has 0 bridgehead atoms. The number of hydrogen-bond acceptors (Lipinski definition) is 4. The molecule has 0 saturated carbocycles. The van der Waals surface area contributed by atoms with Crippen LogP contribution in [0, 0.1) is 5.92 Å². The van der Waals surface area contributed by atoms with Gasteiger partial charge in [-0.3, -0.25) is 9.69 Å². The molecule has 0 spiro atoms. The molecule has 2 aliphatic rings. The highest BCUT2D eigenvalue weighted by Gasteiger charge is 2.14. The van der Waals surface area contributed by atoms with Crippen molar-refractivity contribution >= 4 is 5.91 Å². The van der Waals surface area contributed by atoms with Crippen LogP contribution in [0.4, 0.5) is 0 Å². The zero-order valence-corrected chi connectivity index (χ0v) is 11.8. The number of morpholine rings is 1. The first-order valence-corrected chi connectivity index (χ1v) is 7.62. The fourth-order valence-corrected chi connectivity index (χ4v) is 2.77. The van der Waals surface area contributed by atoms with Gasteiger partial charge >= 0.3 is 0 Å². The van der Waals surface area contributed by atoms with Crippen LogP contribution in [0.2, 0.25) is 0 Å². The van der Waals surface area contributed by atoms with E-state index < -0.39 is 0 Å². The Morgan fingerprint density at radius 3 is 2.95 bits per heavy atom. The van der Waals surface area contributed by atoms with Gasteiger partial charge in [-0.15, -0.1) is 0 Å². The lowest BCUT2D eigenvalue weighted by atomic mass is 9.94. The van der Waals surface area contributed by atoms with E-state index in [0.29, 0.717) is 12.3 Å². The number of amides is 1. The predicted molar refractivity (Wildman–Crippen MR) is 75.1 cm³/mol. The molecule has 19 heavy (non-hydrogen) atoms. The molecule has 2 heterocycles. The van der Waals surface area contributed by atoms with Crippen LogP contribution in [-0.4, -0.2) is 63.3 Å². The summed E-state index contributed by atoms with van der Waals surface area (Å²) in [6.45, 7) is 7.56. The highest BCUT2D eigenvalue weighted by atomic mass is 16.5. The molecule has 0 aliphatic carbocycles. The fourth-order valence-electron chi connectivity index (χ4n) is 2.77. The lowest BCUT2D eigenvalue weighted by molar-refractivity contribution is -0.121. The molecule has 2 rings (SSSR count). The van der Waals surface area contributed by atoms with Crippen LogP contribution < -0.4 is 10.6 Å². The van der Waals surface area contributed by atoms with Crippen molar-refractivity contribution in [2.75, 3.05) is 52.5 Å². The first-order chi connectivity index (χ1) is 9.34. The van der Waals surface area contributed by atoms with Gasteiger partial charge in [0.25, 0.3) is 0 Å². The first-order valence-electron chi connectivity index (χ1n) is 7.62. The third-order valence-corrected chi connectivity index (χ3v) is 4.03. The summed E-state index contributed by atoms with van der Waals surface area (Å²) in [4.78, 5) is 14.1. The minimum Gasteiger partial charge on any atom is -0.379 e. The molecule has 1 unspecified atom stereocenters. The van der Waals surface area contributed by atoms with E-state index in [2.05, 4.69) is 15.5 Å².